The van der Waals surface area contributed by atoms with E-state index in [4.69, 9.17) is 15.5 Å². The number of rotatable bonds is 7. The van der Waals surface area contributed by atoms with Gasteiger partial charge in [0.15, 0.2) is 0 Å². The number of amides is 3. The summed E-state index contributed by atoms with van der Waals surface area (Å²) in [7, 11) is 0. The molecule has 3 fully saturated rings. The van der Waals surface area contributed by atoms with Crippen molar-refractivity contribution in [3.05, 3.63) is 35.9 Å². The van der Waals surface area contributed by atoms with Crippen LogP contribution in [0.3, 0.4) is 0 Å². The van der Waals surface area contributed by atoms with Crippen molar-refractivity contribution in [1.29, 1.82) is 5.26 Å². The summed E-state index contributed by atoms with van der Waals surface area (Å²) in [5.41, 5.74) is 5.66. The number of benzene rings is 1. The summed E-state index contributed by atoms with van der Waals surface area (Å²) in [5.74, 6) is 0.407. The number of carbonyl (C=O) groups is 2. The number of nitrogens with one attached hydrogen (secondary N) is 2. The standard InChI is InChI=1S/C27H39N7O3/c28-19-27(11-12-33(20-27)18-22-9-5-2-6-10-22)32-24(35)23(17-21-7-3-1-4-8-21)30-26(31-25(29)36)34-13-15-37-16-14-34/h2,5-6,9-10,21,23H,1,3-4,7-8,11-18,20H2,(H,32,35)(H3,29,30,31,36). The number of aliphatic imine (C=N–C) groups is 1. The van der Waals surface area contributed by atoms with E-state index in [2.05, 4.69) is 33.7 Å². The van der Waals surface area contributed by atoms with Crippen LogP contribution < -0.4 is 16.4 Å². The molecule has 2 atom stereocenters. The van der Waals surface area contributed by atoms with E-state index in [9.17, 15) is 14.9 Å². The molecule has 200 valence electrons. The Labute approximate surface area is 219 Å². The van der Waals surface area contributed by atoms with Gasteiger partial charge in [0.25, 0.3) is 0 Å². The quantitative estimate of drug-likeness (QED) is 0.380. The topological polar surface area (TPSA) is 136 Å². The summed E-state index contributed by atoms with van der Waals surface area (Å²) in [6.45, 7) is 4.03. The molecule has 3 amide bonds. The number of nitriles is 1. The average molecular weight is 510 g/mol. The van der Waals surface area contributed by atoms with Crippen molar-refractivity contribution < 1.29 is 14.3 Å². The Hall–Kier alpha value is -3.16. The van der Waals surface area contributed by atoms with Gasteiger partial charge in [-0.25, -0.2) is 9.79 Å². The van der Waals surface area contributed by atoms with Gasteiger partial charge in [-0.1, -0.05) is 62.4 Å². The second-order valence-corrected chi connectivity index (χ2v) is 10.4. The Bertz CT molecular complexity index is 983. The summed E-state index contributed by atoms with van der Waals surface area (Å²) in [6.07, 6.45) is 6.76. The van der Waals surface area contributed by atoms with Crippen LogP contribution in [0.2, 0.25) is 0 Å². The van der Waals surface area contributed by atoms with Crippen molar-refractivity contribution in [2.24, 2.45) is 16.6 Å². The van der Waals surface area contributed by atoms with Crippen LogP contribution in [0.4, 0.5) is 4.79 Å². The third kappa shape index (κ3) is 7.66. The third-order valence-electron chi connectivity index (χ3n) is 7.58. The number of hydrogen-bond acceptors (Lipinski definition) is 6. The van der Waals surface area contributed by atoms with Gasteiger partial charge in [-0.3, -0.25) is 15.0 Å². The average Bonchev–Trinajstić information content (AvgIpc) is 3.31. The number of morpholine rings is 1. The molecule has 0 spiro atoms. The lowest BCUT2D eigenvalue weighted by molar-refractivity contribution is -0.124. The fourth-order valence-corrected chi connectivity index (χ4v) is 5.59. The molecule has 0 aromatic heterocycles. The minimum atomic E-state index is -0.970. The Balaban J connectivity index is 1.51. The molecule has 2 unspecified atom stereocenters. The first-order chi connectivity index (χ1) is 18.0. The molecule has 1 saturated carbocycles. The van der Waals surface area contributed by atoms with E-state index in [1.165, 1.54) is 12.0 Å². The number of nitrogens with two attached hydrogens (primary N) is 1. The molecule has 2 aliphatic heterocycles. The fraction of sp³-hybridized carbons (Fsp3) is 0.630. The zero-order valence-corrected chi connectivity index (χ0v) is 21.5. The van der Waals surface area contributed by atoms with E-state index in [1.54, 1.807) is 0 Å². The highest BCUT2D eigenvalue weighted by molar-refractivity contribution is 5.97. The molecule has 2 saturated heterocycles. The Morgan fingerprint density at radius 2 is 1.89 bits per heavy atom. The van der Waals surface area contributed by atoms with Crippen LogP contribution in [0.5, 0.6) is 0 Å². The molecular weight excluding hydrogens is 470 g/mol. The smallest absolute Gasteiger partial charge is 0.318 e. The largest absolute Gasteiger partial charge is 0.378 e. The van der Waals surface area contributed by atoms with Crippen molar-refractivity contribution >= 4 is 17.9 Å². The number of carbonyl (C=O) groups excluding carboxylic acids is 2. The molecule has 10 nitrogen and oxygen atoms in total. The molecule has 1 aliphatic carbocycles. The predicted molar refractivity (Wildman–Crippen MR) is 140 cm³/mol. The maximum absolute atomic E-state index is 13.7. The SMILES string of the molecule is N#CC1(NC(=O)C(CC2CCCCC2)N=C(NC(N)=O)N2CCOCC2)CCN(Cc2ccccc2)C1. The highest BCUT2D eigenvalue weighted by Crippen LogP contribution is 2.29. The van der Waals surface area contributed by atoms with Crippen LogP contribution in [-0.2, 0) is 16.1 Å². The van der Waals surface area contributed by atoms with E-state index >= 15 is 0 Å². The Morgan fingerprint density at radius 1 is 1.16 bits per heavy atom. The van der Waals surface area contributed by atoms with Crippen molar-refractivity contribution in [1.82, 2.24) is 20.4 Å². The van der Waals surface area contributed by atoms with Crippen LogP contribution in [0.15, 0.2) is 35.3 Å². The molecule has 0 radical (unpaired) electrons. The van der Waals surface area contributed by atoms with Crippen LogP contribution in [0, 0.1) is 17.2 Å². The van der Waals surface area contributed by atoms with E-state index < -0.39 is 17.6 Å². The first-order valence-electron chi connectivity index (χ1n) is 13.4. The van der Waals surface area contributed by atoms with Crippen LogP contribution in [0.25, 0.3) is 0 Å². The molecule has 4 rings (SSSR count). The predicted octanol–water partition coefficient (Wildman–Crippen LogP) is 1.97. The number of guanidine groups is 1. The van der Waals surface area contributed by atoms with Crippen molar-refractivity contribution in [2.45, 2.75) is 63.1 Å². The van der Waals surface area contributed by atoms with Gasteiger partial charge in [0, 0.05) is 32.7 Å². The van der Waals surface area contributed by atoms with E-state index in [0.717, 1.165) is 38.8 Å². The summed E-state index contributed by atoms with van der Waals surface area (Å²) >= 11 is 0. The fourth-order valence-electron chi connectivity index (χ4n) is 5.59. The Morgan fingerprint density at radius 3 is 2.57 bits per heavy atom. The normalized spacial score (nSPS) is 24.3. The second kappa shape index (κ2) is 12.9. The van der Waals surface area contributed by atoms with Gasteiger partial charge in [0.1, 0.15) is 11.6 Å². The van der Waals surface area contributed by atoms with Gasteiger partial charge in [0.05, 0.1) is 19.3 Å². The minimum absolute atomic E-state index is 0.272. The maximum atomic E-state index is 13.7. The zero-order valence-electron chi connectivity index (χ0n) is 21.5. The molecule has 3 aliphatic rings. The summed E-state index contributed by atoms with van der Waals surface area (Å²) in [4.78, 5) is 34.4. The monoisotopic (exact) mass is 509 g/mol. The summed E-state index contributed by atoms with van der Waals surface area (Å²) in [6, 6.07) is 11.1. The van der Waals surface area contributed by atoms with E-state index in [-0.39, 0.29) is 5.91 Å². The molecule has 2 heterocycles. The number of likely N-dealkylation sites (tertiary alicyclic amines) is 1. The lowest BCUT2D eigenvalue weighted by Gasteiger charge is -2.32. The van der Waals surface area contributed by atoms with Gasteiger partial charge in [-0.05, 0) is 24.3 Å². The number of primary amides is 1. The molecule has 1 aromatic carbocycles. The van der Waals surface area contributed by atoms with Crippen molar-refractivity contribution in [3.63, 3.8) is 0 Å². The molecule has 0 bridgehead atoms. The summed E-state index contributed by atoms with van der Waals surface area (Å²) in [5, 5.41) is 15.8. The van der Waals surface area contributed by atoms with Crippen LogP contribution in [-0.4, -0.2) is 78.7 Å². The molecule has 4 N–H and O–H groups in total. The number of hydrogen-bond donors (Lipinski definition) is 3. The molecule has 10 heteroatoms. The highest BCUT2D eigenvalue weighted by atomic mass is 16.5. The zero-order chi connectivity index (χ0) is 26.1. The maximum Gasteiger partial charge on any atom is 0.318 e. The minimum Gasteiger partial charge on any atom is -0.378 e. The van der Waals surface area contributed by atoms with Crippen LogP contribution >= 0.6 is 0 Å². The van der Waals surface area contributed by atoms with Gasteiger partial charge in [-0.15, -0.1) is 0 Å². The van der Waals surface area contributed by atoms with Gasteiger partial charge >= 0.3 is 6.03 Å². The van der Waals surface area contributed by atoms with Crippen molar-refractivity contribution in [2.75, 3.05) is 39.4 Å². The lowest BCUT2D eigenvalue weighted by atomic mass is 9.84. The van der Waals surface area contributed by atoms with Gasteiger partial charge in [-0.2, -0.15) is 5.26 Å². The highest BCUT2D eigenvalue weighted by Gasteiger charge is 2.41. The van der Waals surface area contributed by atoms with Gasteiger partial charge in [0.2, 0.25) is 11.9 Å². The van der Waals surface area contributed by atoms with E-state index in [1.807, 2.05) is 23.1 Å². The lowest BCUT2D eigenvalue weighted by Crippen LogP contribution is -2.54. The van der Waals surface area contributed by atoms with Gasteiger partial charge < -0.3 is 20.7 Å². The first-order valence-corrected chi connectivity index (χ1v) is 13.4. The van der Waals surface area contributed by atoms with Crippen molar-refractivity contribution in [3.8, 4) is 6.07 Å². The summed E-state index contributed by atoms with van der Waals surface area (Å²) < 4.78 is 5.44. The number of urea groups is 1. The number of ether oxygens (including phenoxy) is 1. The Kier molecular flexibility index (Phi) is 9.36. The van der Waals surface area contributed by atoms with E-state index in [0.29, 0.717) is 57.6 Å². The number of nitrogens with zero attached hydrogens (tertiary/aromatic N) is 4. The third-order valence-corrected chi connectivity index (χ3v) is 7.58. The second-order valence-electron chi connectivity index (χ2n) is 10.4. The molecular formula is C27H39N7O3. The van der Waals surface area contributed by atoms with Crippen LogP contribution in [0.1, 0.15) is 50.5 Å². The molecule has 37 heavy (non-hydrogen) atoms. The molecule has 1 aromatic rings. The first kappa shape index (κ1) is 26.9.